The highest BCUT2D eigenvalue weighted by molar-refractivity contribution is 6.12. The first-order chi connectivity index (χ1) is 11.9. The van der Waals surface area contributed by atoms with E-state index in [-0.39, 0.29) is 5.78 Å². The second-order valence-corrected chi connectivity index (χ2v) is 6.25. The molecule has 2 N–H and O–H groups in total. The Bertz CT molecular complexity index is 972. The first-order valence-electron chi connectivity index (χ1n) is 8.27. The van der Waals surface area contributed by atoms with Crippen LogP contribution in [-0.4, -0.2) is 26.8 Å². The Balaban J connectivity index is 2.24. The molecule has 5 nitrogen and oxygen atoms in total. The number of aromatic nitrogens is 2. The van der Waals surface area contributed by atoms with Crippen LogP contribution in [0.4, 0.5) is 0 Å². The third-order valence-corrected chi connectivity index (χ3v) is 4.49. The number of hydrogen-bond donors (Lipinski definition) is 2. The molecule has 0 radical (unpaired) electrons. The Morgan fingerprint density at radius 3 is 2.64 bits per heavy atom. The topological polar surface area (TPSA) is 83.0 Å². The Morgan fingerprint density at radius 1 is 1.24 bits per heavy atom. The number of aliphatic carboxylic acids is 1. The Morgan fingerprint density at radius 2 is 2.00 bits per heavy atom. The fourth-order valence-corrected chi connectivity index (χ4v) is 3.02. The minimum atomic E-state index is -0.964. The molecule has 1 atom stereocenters. The fraction of sp³-hybridized carbons (Fsp3) is 0.250. The maximum Gasteiger partial charge on any atom is 0.310 e. The number of hydrogen-bond acceptors (Lipinski definition) is 3. The van der Waals surface area contributed by atoms with Crippen LogP contribution in [0.5, 0.6) is 0 Å². The number of benzene rings is 1. The lowest BCUT2D eigenvalue weighted by molar-refractivity contribution is -0.138. The number of aromatic amines is 1. The molecule has 1 aromatic carbocycles. The average Bonchev–Trinajstić information content (AvgIpc) is 2.98. The third-order valence-electron chi connectivity index (χ3n) is 4.49. The Labute approximate surface area is 145 Å². The molecule has 25 heavy (non-hydrogen) atoms. The van der Waals surface area contributed by atoms with Gasteiger partial charge in [0, 0.05) is 22.7 Å². The lowest BCUT2D eigenvalue weighted by Crippen LogP contribution is -2.13. The molecule has 3 rings (SSSR count). The number of H-pyrrole nitrogens is 1. The zero-order valence-corrected chi connectivity index (χ0v) is 14.5. The van der Waals surface area contributed by atoms with E-state index >= 15 is 0 Å². The van der Waals surface area contributed by atoms with Crippen molar-refractivity contribution in [2.45, 2.75) is 33.1 Å². The highest BCUT2D eigenvalue weighted by Crippen LogP contribution is 2.32. The van der Waals surface area contributed by atoms with Gasteiger partial charge in [-0.15, -0.1) is 0 Å². The van der Waals surface area contributed by atoms with E-state index in [4.69, 9.17) is 0 Å². The standard InChI is InChI=1S/C20H20N2O3/c1-4-13-5-6-15-14(10-13)17(12(3)20(24)25)18(22-15)19(23)16-9-11(2)7-8-21-16/h5-10,12,22H,4H2,1-3H3,(H,24,25). The van der Waals surface area contributed by atoms with Crippen LogP contribution in [0, 0.1) is 6.92 Å². The largest absolute Gasteiger partial charge is 0.481 e. The SMILES string of the molecule is CCc1ccc2[nH]c(C(=O)c3cc(C)ccn3)c(C(C)C(=O)O)c2c1. The van der Waals surface area contributed by atoms with E-state index in [1.807, 2.05) is 38.1 Å². The molecule has 2 heterocycles. The van der Waals surface area contributed by atoms with Crippen molar-refractivity contribution >= 4 is 22.7 Å². The van der Waals surface area contributed by atoms with E-state index in [2.05, 4.69) is 9.97 Å². The van der Waals surface area contributed by atoms with Gasteiger partial charge in [0.1, 0.15) is 5.69 Å². The lowest BCUT2D eigenvalue weighted by Gasteiger charge is -2.09. The molecular weight excluding hydrogens is 316 g/mol. The summed E-state index contributed by atoms with van der Waals surface area (Å²) in [6.07, 6.45) is 2.42. The van der Waals surface area contributed by atoms with Crippen molar-refractivity contribution in [3.05, 3.63) is 64.6 Å². The van der Waals surface area contributed by atoms with E-state index < -0.39 is 11.9 Å². The molecule has 0 saturated heterocycles. The highest BCUT2D eigenvalue weighted by atomic mass is 16.4. The number of carboxylic acid groups (broad SMARTS) is 1. The van der Waals surface area contributed by atoms with Crippen LogP contribution < -0.4 is 0 Å². The van der Waals surface area contributed by atoms with Crippen LogP contribution in [0.15, 0.2) is 36.5 Å². The fourth-order valence-electron chi connectivity index (χ4n) is 3.02. The van der Waals surface area contributed by atoms with Crippen molar-refractivity contribution in [1.29, 1.82) is 0 Å². The molecule has 3 aromatic rings. The molecule has 0 bridgehead atoms. The molecule has 0 aliphatic carbocycles. The lowest BCUT2D eigenvalue weighted by atomic mass is 9.94. The van der Waals surface area contributed by atoms with Crippen molar-refractivity contribution in [2.75, 3.05) is 0 Å². The zero-order chi connectivity index (χ0) is 18.1. The molecule has 5 heteroatoms. The monoisotopic (exact) mass is 336 g/mol. The minimum Gasteiger partial charge on any atom is -0.481 e. The smallest absolute Gasteiger partial charge is 0.310 e. The third kappa shape index (κ3) is 3.05. The molecule has 0 aliphatic heterocycles. The maximum atomic E-state index is 13.0. The van der Waals surface area contributed by atoms with Gasteiger partial charge in [0.15, 0.2) is 0 Å². The number of nitrogens with one attached hydrogen (secondary N) is 1. The first kappa shape index (κ1) is 16.9. The van der Waals surface area contributed by atoms with Crippen LogP contribution >= 0.6 is 0 Å². The summed E-state index contributed by atoms with van der Waals surface area (Å²) in [7, 11) is 0. The zero-order valence-electron chi connectivity index (χ0n) is 14.5. The van der Waals surface area contributed by atoms with Gasteiger partial charge in [0.2, 0.25) is 5.78 Å². The number of rotatable bonds is 5. The van der Waals surface area contributed by atoms with Gasteiger partial charge >= 0.3 is 5.97 Å². The number of ketones is 1. The number of carbonyl (C=O) groups excluding carboxylic acids is 1. The van der Waals surface area contributed by atoms with Gasteiger partial charge in [-0.2, -0.15) is 0 Å². The summed E-state index contributed by atoms with van der Waals surface area (Å²) >= 11 is 0. The number of carbonyl (C=O) groups is 2. The van der Waals surface area contributed by atoms with Crippen LogP contribution in [0.3, 0.4) is 0 Å². The predicted molar refractivity (Wildman–Crippen MR) is 96.1 cm³/mol. The van der Waals surface area contributed by atoms with E-state index in [1.165, 1.54) is 0 Å². The molecular formula is C20H20N2O3. The first-order valence-corrected chi connectivity index (χ1v) is 8.27. The second kappa shape index (κ2) is 6.51. The number of aryl methyl sites for hydroxylation is 2. The highest BCUT2D eigenvalue weighted by Gasteiger charge is 2.27. The van der Waals surface area contributed by atoms with Gasteiger partial charge < -0.3 is 10.1 Å². The molecule has 1 unspecified atom stereocenters. The summed E-state index contributed by atoms with van der Waals surface area (Å²) in [5, 5.41) is 10.3. The van der Waals surface area contributed by atoms with Crippen molar-refractivity contribution in [3.63, 3.8) is 0 Å². The number of fused-ring (bicyclic) bond motifs is 1. The van der Waals surface area contributed by atoms with E-state index in [0.29, 0.717) is 17.0 Å². The van der Waals surface area contributed by atoms with Gasteiger partial charge in [0.05, 0.1) is 11.6 Å². The van der Waals surface area contributed by atoms with Crippen molar-refractivity contribution in [3.8, 4) is 0 Å². The van der Waals surface area contributed by atoms with Gasteiger partial charge in [0.25, 0.3) is 0 Å². The van der Waals surface area contributed by atoms with Crippen LogP contribution in [0.25, 0.3) is 10.9 Å². The predicted octanol–water partition coefficient (Wildman–Crippen LogP) is 3.85. The summed E-state index contributed by atoms with van der Waals surface area (Å²) in [5.74, 6) is -2.06. The van der Waals surface area contributed by atoms with Crippen LogP contribution in [0.2, 0.25) is 0 Å². The quantitative estimate of drug-likeness (QED) is 0.693. The molecule has 0 saturated carbocycles. The molecule has 0 amide bonds. The van der Waals surface area contributed by atoms with E-state index in [1.54, 1.807) is 19.2 Å². The Hall–Kier alpha value is -2.95. The number of nitrogens with zero attached hydrogens (tertiary/aromatic N) is 1. The molecule has 0 spiro atoms. The van der Waals surface area contributed by atoms with Crippen molar-refractivity contribution in [2.24, 2.45) is 0 Å². The van der Waals surface area contributed by atoms with Gasteiger partial charge in [-0.25, -0.2) is 0 Å². The summed E-state index contributed by atoms with van der Waals surface area (Å²) in [4.78, 5) is 31.9. The van der Waals surface area contributed by atoms with E-state index in [0.717, 1.165) is 28.5 Å². The van der Waals surface area contributed by atoms with E-state index in [9.17, 15) is 14.7 Å². The average molecular weight is 336 g/mol. The molecule has 0 aliphatic rings. The molecule has 0 fully saturated rings. The summed E-state index contributed by atoms with van der Waals surface area (Å²) in [5.41, 5.74) is 3.91. The van der Waals surface area contributed by atoms with Gasteiger partial charge in [-0.3, -0.25) is 14.6 Å². The van der Waals surface area contributed by atoms with Gasteiger partial charge in [-0.1, -0.05) is 13.0 Å². The van der Waals surface area contributed by atoms with Gasteiger partial charge in [-0.05, 0) is 55.7 Å². The molecule has 128 valence electrons. The van der Waals surface area contributed by atoms with Crippen LogP contribution in [-0.2, 0) is 11.2 Å². The van der Waals surface area contributed by atoms with Crippen molar-refractivity contribution in [1.82, 2.24) is 9.97 Å². The summed E-state index contributed by atoms with van der Waals surface area (Å²) in [6.45, 7) is 5.53. The number of carboxylic acids is 1. The Kier molecular flexibility index (Phi) is 4.40. The summed E-state index contributed by atoms with van der Waals surface area (Å²) < 4.78 is 0. The summed E-state index contributed by atoms with van der Waals surface area (Å²) in [6, 6.07) is 9.36. The maximum absolute atomic E-state index is 13.0. The van der Waals surface area contributed by atoms with Crippen molar-refractivity contribution < 1.29 is 14.7 Å². The second-order valence-electron chi connectivity index (χ2n) is 6.25. The molecule has 2 aromatic heterocycles. The minimum absolute atomic E-state index is 0.291. The normalized spacial score (nSPS) is 12.3. The number of pyridine rings is 1. The van der Waals surface area contributed by atoms with Crippen LogP contribution in [0.1, 0.15) is 52.6 Å².